The van der Waals surface area contributed by atoms with Gasteiger partial charge >= 0.3 is 12.3 Å². The number of carbonyl (C=O) groups excluding carboxylic acids is 1. The molecule has 38 heavy (non-hydrogen) atoms. The zero-order valence-corrected chi connectivity index (χ0v) is 22.0. The summed E-state index contributed by atoms with van der Waals surface area (Å²) in [7, 11) is -4.22. The quantitative estimate of drug-likeness (QED) is 0.429. The fourth-order valence-corrected chi connectivity index (χ4v) is 6.49. The van der Waals surface area contributed by atoms with Crippen LogP contribution in [-0.4, -0.2) is 55.7 Å². The zero-order valence-electron chi connectivity index (χ0n) is 21.2. The number of fused-ring (bicyclic) bond motifs is 2. The van der Waals surface area contributed by atoms with Gasteiger partial charge in [-0.15, -0.1) is 0 Å². The lowest BCUT2D eigenvalue weighted by molar-refractivity contribution is -0.137. The van der Waals surface area contributed by atoms with E-state index in [0.717, 1.165) is 36.9 Å². The van der Waals surface area contributed by atoms with Crippen molar-refractivity contribution >= 4 is 32.5 Å². The maximum absolute atomic E-state index is 13.2. The Kier molecular flexibility index (Phi) is 6.32. The predicted molar refractivity (Wildman–Crippen MR) is 136 cm³/mol. The van der Waals surface area contributed by atoms with Crippen molar-refractivity contribution in [2.45, 2.75) is 54.8 Å². The molecule has 1 amide bonds. The highest BCUT2D eigenvalue weighted by atomic mass is 32.2. The number of sulfone groups is 1. The van der Waals surface area contributed by atoms with E-state index in [-0.39, 0.29) is 22.9 Å². The first-order valence-corrected chi connectivity index (χ1v) is 13.8. The fourth-order valence-electron chi connectivity index (χ4n) is 5.21. The standard InChI is InChI=1S/C27H28F3N3O4S/c1-26(2,3)37-25(34)33-11-10-18-15-32(16-23(18)33)22-9-4-6-17-12-21(14-31-24(17)22)38(35,36)20-8-5-7-19(13-20)27(28,29)30/h4-9,12-14,18,23H,10-11,15-16H2,1-3H3. The smallest absolute Gasteiger partial charge is 0.416 e. The van der Waals surface area contributed by atoms with Crippen LogP contribution in [0.25, 0.3) is 10.9 Å². The lowest BCUT2D eigenvalue weighted by Crippen LogP contribution is -2.42. The number of nitrogens with zero attached hydrogens (tertiary/aromatic N) is 3. The number of hydrogen-bond acceptors (Lipinski definition) is 6. The Hall–Kier alpha value is -3.34. The van der Waals surface area contributed by atoms with Crippen molar-refractivity contribution in [1.29, 1.82) is 0 Å². The van der Waals surface area contributed by atoms with E-state index in [1.54, 1.807) is 17.0 Å². The van der Waals surface area contributed by atoms with E-state index in [4.69, 9.17) is 4.74 Å². The molecule has 0 N–H and O–H groups in total. The molecular weight excluding hydrogens is 519 g/mol. The van der Waals surface area contributed by atoms with Crippen LogP contribution in [0.4, 0.5) is 23.7 Å². The third kappa shape index (κ3) is 4.91. The monoisotopic (exact) mass is 547 g/mol. The summed E-state index contributed by atoms with van der Waals surface area (Å²) in [5.74, 6) is 0.276. The van der Waals surface area contributed by atoms with Crippen molar-refractivity contribution in [2.24, 2.45) is 5.92 Å². The minimum absolute atomic E-state index is 0.000617. The van der Waals surface area contributed by atoms with Gasteiger partial charge in [0.25, 0.3) is 0 Å². The van der Waals surface area contributed by atoms with E-state index < -0.39 is 32.1 Å². The maximum Gasteiger partial charge on any atom is 0.416 e. The van der Waals surface area contributed by atoms with Crippen LogP contribution >= 0.6 is 0 Å². The Morgan fingerprint density at radius 2 is 1.76 bits per heavy atom. The number of carbonyl (C=O) groups is 1. The molecule has 1 aromatic heterocycles. The number of alkyl halides is 3. The molecule has 2 atom stereocenters. The summed E-state index contributed by atoms with van der Waals surface area (Å²) in [6.45, 7) is 7.46. The summed E-state index contributed by atoms with van der Waals surface area (Å²) in [4.78, 5) is 20.5. The summed E-state index contributed by atoms with van der Waals surface area (Å²) in [6.07, 6.45) is -2.94. The zero-order chi connectivity index (χ0) is 27.5. The van der Waals surface area contributed by atoms with Gasteiger partial charge in [0.05, 0.1) is 32.6 Å². The lowest BCUT2D eigenvalue weighted by atomic mass is 10.1. The topological polar surface area (TPSA) is 79.8 Å². The average molecular weight is 548 g/mol. The molecule has 2 aliphatic heterocycles. The van der Waals surface area contributed by atoms with Gasteiger partial charge in [0.2, 0.25) is 9.84 Å². The molecule has 0 spiro atoms. The van der Waals surface area contributed by atoms with E-state index in [9.17, 15) is 26.4 Å². The molecule has 0 bridgehead atoms. The van der Waals surface area contributed by atoms with Crippen molar-refractivity contribution < 1.29 is 31.1 Å². The second-order valence-electron chi connectivity index (χ2n) is 10.7. The number of benzene rings is 2. The maximum atomic E-state index is 13.2. The van der Waals surface area contributed by atoms with Crippen molar-refractivity contribution in [3.63, 3.8) is 0 Å². The normalized spacial score (nSPS) is 20.2. The minimum atomic E-state index is -4.66. The molecule has 3 heterocycles. The van der Waals surface area contributed by atoms with Crippen LogP contribution in [0.5, 0.6) is 0 Å². The van der Waals surface area contributed by atoms with Crippen LogP contribution in [-0.2, 0) is 20.8 Å². The second kappa shape index (κ2) is 9.14. The van der Waals surface area contributed by atoms with Crippen LogP contribution in [0.15, 0.2) is 64.5 Å². The average Bonchev–Trinajstić information content (AvgIpc) is 3.43. The summed E-state index contributed by atoms with van der Waals surface area (Å²) in [5, 5.41) is 0.552. The first-order chi connectivity index (χ1) is 17.7. The highest BCUT2D eigenvalue weighted by Crippen LogP contribution is 2.38. The molecule has 2 saturated heterocycles. The van der Waals surface area contributed by atoms with Gasteiger partial charge < -0.3 is 14.5 Å². The van der Waals surface area contributed by atoms with Crippen LogP contribution in [0, 0.1) is 5.92 Å². The fraction of sp³-hybridized carbons (Fsp3) is 0.407. The van der Waals surface area contributed by atoms with Gasteiger partial charge in [-0.25, -0.2) is 13.2 Å². The van der Waals surface area contributed by atoms with Gasteiger partial charge in [0, 0.05) is 37.1 Å². The Labute approximate surface area is 219 Å². The van der Waals surface area contributed by atoms with Gasteiger partial charge in [0.15, 0.2) is 0 Å². The number of likely N-dealkylation sites (tertiary alicyclic amines) is 1. The highest BCUT2D eigenvalue weighted by molar-refractivity contribution is 7.91. The molecule has 2 aromatic carbocycles. The molecule has 2 aliphatic rings. The molecule has 2 fully saturated rings. The number of ether oxygens (including phenoxy) is 1. The first kappa shape index (κ1) is 26.3. The van der Waals surface area contributed by atoms with Gasteiger partial charge in [-0.1, -0.05) is 18.2 Å². The van der Waals surface area contributed by atoms with Crippen molar-refractivity contribution in [2.75, 3.05) is 24.5 Å². The van der Waals surface area contributed by atoms with E-state index in [2.05, 4.69) is 9.88 Å². The SMILES string of the molecule is CC(C)(C)OC(=O)N1CCC2CN(c3cccc4cc(S(=O)(=O)c5cccc(C(F)(F)F)c5)cnc34)CC21. The number of amides is 1. The first-order valence-electron chi connectivity index (χ1n) is 12.3. The molecule has 11 heteroatoms. The Bertz CT molecular complexity index is 1500. The van der Waals surface area contributed by atoms with Crippen LogP contribution < -0.4 is 4.90 Å². The van der Waals surface area contributed by atoms with Crippen molar-refractivity contribution in [3.05, 3.63) is 60.3 Å². The van der Waals surface area contributed by atoms with Crippen LogP contribution in [0.1, 0.15) is 32.8 Å². The summed E-state index contributed by atoms with van der Waals surface area (Å²) in [6, 6.07) is 10.5. The lowest BCUT2D eigenvalue weighted by Gasteiger charge is -2.29. The van der Waals surface area contributed by atoms with Crippen molar-refractivity contribution in [3.8, 4) is 0 Å². The summed E-state index contributed by atoms with van der Waals surface area (Å²) < 4.78 is 71.3. The van der Waals surface area contributed by atoms with E-state index in [1.807, 2.05) is 26.8 Å². The molecule has 2 unspecified atom stereocenters. The minimum Gasteiger partial charge on any atom is -0.444 e. The summed E-state index contributed by atoms with van der Waals surface area (Å²) in [5.41, 5.74) is -0.225. The largest absolute Gasteiger partial charge is 0.444 e. The third-order valence-corrected chi connectivity index (χ3v) is 8.68. The highest BCUT2D eigenvalue weighted by Gasteiger charge is 2.45. The second-order valence-corrected chi connectivity index (χ2v) is 12.7. The van der Waals surface area contributed by atoms with Crippen molar-refractivity contribution in [1.82, 2.24) is 9.88 Å². The Morgan fingerprint density at radius 1 is 1.03 bits per heavy atom. The molecular formula is C27H28F3N3O4S. The number of rotatable bonds is 3. The van der Waals surface area contributed by atoms with Gasteiger partial charge in [-0.2, -0.15) is 13.2 Å². The number of aromatic nitrogens is 1. The molecule has 202 valence electrons. The van der Waals surface area contributed by atoms with E-state index in [0.29, 0.717) is 30.1 Å². The third-order valence-electron chi connectivity index (χ3n) is 6.96. The van der Waals surface area contributed by atoms with Gasteiger partial charge in [0.1, 0.15) is 5.60 Å². The molecule has 0 aliphatic carbocycles. The van der Waals surface area contributed by atoms with Crippen LogP contribution in [0.2, 0.25) is 0 Å². The number of pyridine rings is 1. The molecule has 7 nitrogen and oxygen atoms in total. The summed E-state index contributed by atoms with van der Waals surface area (Å²) >= 11 is 0. The number of para-hydroxylation sites is 1. The molecule has 5 rings (SSSR count). The molecule has 3 aromatic rings. The Morgan fingerprint density at radius 3 is 2.47 bits per heavy atom. The van der Waals surface area contributed by atoms with Gasteiger partial charge in [-0.05, 0) is 57.5 Å². The number of halogens is 3. The van der Waals surface area contributed by atoms with Gasteiger partial charge in [-0.3, -0.25) is 4.98 Å². The Balaban J connectivity index is 1.42. The number of hydrogen-bond donors (Lipinski definition) is 0. The molecule has 0 radical (unpaired) electrons. The molecule has 0 saturated carbocycles. The number of anilines is 1. The van der Waals surface area contributed by atoms with E-state index >= 15 is 0 Å². The van der Waals surface area contributed by atoms with Crippen LogP contribution in [0.3, 0.4) is 0 Å². The van der Waals surface area contributed by atoms with E-state index in [1.165, 1.54) is 12.3 Å². The predicted octanol–water partition coefficient (Wildman–Crippen LogP) is 5.53.